The molecule has 2 atom stereocenters. The van der Waals surface area contributed by atoms with E-state index >= 15 is 0 Å². The molecule has 0 aliphatic carbocycles. The van der Waals surface area contributed by atoms with E-state index in [1.165, 1.54) is 18.0 Å². The Balaban J connectivity index is 2.26. The van der Waals surface area contributed by atoms with Gasteiger partial charge >= 0.3 is 5.97 Å². The van der Waals surface area contributed by atoms with Gasteiger partial charge in [-0.05, 0) is 19.1 Å². The van der Waals surface area contributed by atoms with E-state index in [0.29, 0.717) is 12.3 Å². The molecular weight excluding hydrogens is 256 g/mol. The molecule has 0 bridgehead atoms. The number of furan rings is 1. The quantitative estimate of drug-likeness (QED) is 0.664. The Kier molecular flexibility index (Phi) is 5.73. The van der Waals surface area contributed by atoms with Gasteiger partial charge in [0.1, 0.15) is 11.8 Å². The highest BCUT2D eigenvalue weighted by Gasteiger charge is 2.18. The maximum Gasteiger partial charge on any atom is 0.321 e. The Morgan fingerprint density at radius 3 is 2.89 bits per heavy atom. The molecule has 1 unspecified atom stereocenters. The zero-order valence-corrected chi connectivity index (χ0v) is 10.8. The summed E-state index contributed by atoms with van der Waals surface area (Å²) in [6, 6.07) is 2.56. The lowest BCUT2D eigenvalue weighted by molar-refractivity contribution is -0.138. The summed E-state index contributed by atoms with van der Waals surface area (Å²) in [6.45, 7) is 2.03. The second kappa shape index (κ2) is 7.07. The van der Waals surface area contributed by atoms with Crippen molar-refractivity contribution in [1.82, 2.24) is 5.32 Å². The van der Waals surface area contributed by atoms with Crippen molar-refractivity contribution in [3.8, 4) is 0 Å². The Bertz CT molecular complexity index is 394. The zero-order valence-electron chi connectivity index (χ0n) is 9.96. The maximum atomic E-state index is 11.7. The van der Waals surface area contributed by atoms with Crippen molar-refractivity contribution in [1.29, 1.82) is 0 Å². The van der Waals surface area contributed by atoms with Gasteiger partial charge in [0.25, 0.3) is 0 Å². The Morgan fingerprint density at radius 1 is 1.61 bits per heavy atom. The summed E-state index contributed by atoms with van der Waals surface area (Å²) in [5, 5.41) is 11.0. The van der Waals surface area contributed by atoms with Crippen LogP contribution in [0.3, 0.4) is 0 Å². The van der Waals surface area contributed by atoms with Crippen molar-refractivity contribution in [3.63, 3.8) is 0 Å². The first-order valence-corrected chi connectivity index (χ1v) is 6.45. The van der Waals surface area contributed by atoms with Gasteiger partial charge in [0.15, 0.2) is 0 Å². The van der Waals surface area contributed by atoms with E-state index < -0.39 is 12.0 Å². The molecule has 1 amide bonds. The molecule has 0 aromatic carbocycles. The molecule has 100 valence electrons. The van der Waals surface area contributed by atoms with Gasteiger partial charge < -0.3 is 20.6 Å². The van der Waals surface area contributed by atoms with Crippen LogP contribution in [0.25, 0.3) is 0 Å². The number of hydrogen-bond donors (Lipinski definition) is 3. The van der Waals surface area contributed by atoms with Crippen LogP contribution in [0.1, 0.15) is 12.7 Å². The molecule has 0 saturated carbocycles. The summed E-state index contributed by atoms with van der Waals surface area (Å²) in [5.41, 5.74) is 5.35. The van der Waals surface area contributed by atoms with Gasteiger partial charge in [-0.2, -0.15) is 0 Å². The summed E-state index contributed by atoms with van der Waals surface area (Å²) in [6.07, 6.45) is 1.53. The Morgan fingerprint density at radius 2 is 2.33 bits per heavy atom. The van der Waals surface area contributed by atoms with Crippen molar-refractivity contribution < 1.29 is 19.1 Å². The number of carbonyl (C=O) groups excluding carboxylic acids is 1. The van der Waals surface area contributed by atoms with Crippen molar-refractivity contribution in [2.75, 3.05) is 5.75 Å². The number of thioether (sulfide) groups is 1. The molecule has 0 saturated heterocycles. The van der Waals surface area contributed by atoms with Crippen LogP contribution in [0.4, 0.5) is 0 Å². The van der Waals surface area contributed by atoms with Crippen molar-refractivity contribution in [2.24, 2.45) is 5.73 Å². The molecule has 0 spiro atoms. The Labute approximate surface area is 109 Å². The molecule has 1 aromatic heterocycles. The second-order valence-electron chi connectivity index (χ2n) is 3.72. The summed E-state index contributed by atoms with van der Waals surface area (Å²) in [7, 11) is 0. The average molecular weight is 272 g/mol. The number of aliphatic carboxylic acids is 1. The van der Waals surface area contributed by atoms with Crippen molar-refractivity contribution in [2.45, 2.75) is 24.8 Å². The third-order valence-corrected chi connectivity index (χ3v) is 3.49. The van der Waals surface area contributed by atoms with Crippen LogP contribution in [0.5, 0.6) is 0 Å². The molecule has 6 nitrogen and oxygen atoms in total. The minimum atomic E-state index is -1.06. The number of rotatable bonds is 7. The fourth-order valence-electron chi connectivity index (χ4n) is 1.13. The molecule has 1 heterocycles. The second-order valence-corrected chi connectivity index (χ2v) is 5.09. The van der Waals surface area contributed by atoms with Gasteiger partial charge in [0, 0.05) is 5.75 Å². The predicted octanol–water partition coefficient (Wildman–Crippen LogP) is 0.429. The zero-order chi connectivity index (χ0) is 13.5. The van der Waals surface area contributed by atoms with Gasteiger partial charge in [0.05, 0.1) is 18.1 Å². The van der Waals surface area contributed by atoms with Gasteiger partial charge in [-0.1, -0.05) is 0 Å². The van der Waals surface area contributed by atoms with Crippen LogP contribution in [-0.4, -0.2) is 34.0 Å². The minimum Gasteiger partial charge on any atom is -0.480 e. The van der Waals surface area contributed by atoms with E-state index in [1.54, 1.807) is 19.1 Å². The number of carbonyl (C=O) groups is 2. The SMILES string of the molecule is CC(SC[C@H](N)C(=O)O)C(=O)NCc1ccco1. The van der Waals surface area contributed by atoms with E-state index in [9.17, 15) is 9.59 Å². The van der Waals surface area contributed by atoms with Crippen LogP contribution >= 0.6 is 11.8 Å². The molecule has 0 aliphatic rings. The number of amides is 1. The van der Waals surface area contributed by atoms with Crippen molar-refractivity contribution in [3.05, 3.63) is 24.2 Å². The van der Waals surface area contributed by atoms with Crippen LogP contribution in [0.2, 0.25) is 0 Å². The summed E-state index contributed by atoms with van der Waals surface area (Å²) >= 11 is 1.21. The number of carboxylic acid groups (broad SMARTS) is 1. The van der Waals surface area contributed by atoms with Crippen LogP contribution in [0.15, 0.2) is 22.8 Å². The molecule has 0 aliphatic heterocycles. The highest BCUT2D eigenvalue weighted by Crippen LogP contribution is 2.11. The Hall–Kier alpha value is -1.47. The molecule has 18 heavy (non-hydrogen) atoms. The van der Waals surface area contributed by atoms with E-state index in [-0.39, 0.29) is 16.9 Å². The molecule has 0 radical (unpaired) electrons. The third kappa shape index (κ3) is 4.80. The standard InChI is InChI=1S/C11H16N2O4S/c1-7(18-6-9(12)11(15)16)10(14)13-5-8-3-2-4-17-8/h2-4,7,9H,5-6,12H2,1H3,(H,13,14)(H,15,16)/t7?,9-/m0/s1. The maximum absolute atomic E-state index is 11.7. The number of nitrogens with two attached hydrogens (primary N) is 1. The topological polar surface area (TPSA) is 106 Å². The number of carboxylic acids is 1. The number of hydrogen-bond acceptors (Lipinski definition) is 5. The fourth-order valence-corrected chi connectivity index (χ4v) is 2.00. The normalized spacial score (nSPS) is 13.9. The molecule has 1 rings (SSSR count). The van der Waals surface area contributed by atoms with Gasteiger partial charge in [0.2, 0.25) is 5.91 Å². The number of nitrogens with one attached hydrogen (secondary N) is 1. The lowest BCUT2D eigenvalue weighted by Gasteiger charge is -2.12. The monoisotopic (exact) mass is 272 g/mol. The highest BCUT2D eigenvalue weighted by molar-refractivity contribution is 8.00. The molecule has 1 aromatic rings. The van der Waals surface area contributed by atoms with E-state index in [2.05, 4.69) is 5.32 Å². The lowest BCUT2D eigenvalue weighted by atomic mass is 10.4. The fraction of sp³-hybridized carbons (Fsp3) is 0.455. The van der Waals surface area contributed by atoms with E-state index in [1.807, 2.05) is 0 Å². The predicted molar refractivity (Wildman–Crippen MR) is 68.1 cm³/mol. The summed E-state index contributed by atoms with van der Waals surface area (Å²) in [4.78, 5) is 22.2. The third-order valence-electron chi connectivity index (χ3n) is 2.23. The first kappa shape index (κ1) is 14.6. The lowest BCUT2D eigenvalue weighted by Crippen LogP contribution is -2.35. The van der Waals surface area contributed by atoms with E-state index in [0.717, 1.165) is 0 Å². The van der Waals surface area contributed by atoms with Crippen LogP contribution < -0.4 is 11.1 Å². The van der Waals surface area contributed by atoms with Gasteiger partial charge in [-0.15, -0.1) is 11.8 Å². The summed E-state index contributed by atoms with van der Waals surface area (Å²) in [5.74, 6) is -0.368. The van der Waals surface area contributed by atoms with Crippen molar-refractivity contribution >= 4 is 23.6 Å². The van der Waals surface area contributed by atoms with Gasteiger partial charge in [-0.3, -0.25) is 9.59 Å². The van der Waals surface area contributed by atoms with Crippen LogP contribution in [0, 0.1) is 0 Å². The molecule has 0 fully saturated rings. The first-order valence-electron chi connectivity index (χ1n) is 5.40. The highest BCUT2D eigenvalue weighted by atomic mass is 32.2. The summed E-state index contributed by atoms with van der Waals surface area (Å²) < 4.78 is 5.07. The molecular formula is C11H16N2O4S. The van der Waals surface area contributed by atoms with E-state index in [4.69, 9.17) is 15.3 Å². The smallest absolute Gasteiger partial charge is 0.321 e. The van der Waals surface area contributed by atoms with Gasteiger partial charge in [-0.25, -0.2) is 0 Å². The molecule has 7 heteroatoms. The van der Waals surface area contributed by atoms with Crippen LogP contribution in [-0.2, 0) is 16.1 Å². The first-order chi connectivity index (χ1) is 8.50. The largest absolute Gasteiger partial charge is 0.480 e. The average Bonchev–Trinajstić information content (AvgIpc) is 2.85. The minimum absolute atomic E-state index is 0.172. The molecule has 4 N–H and O–H groups in total.